The average Bonchev–Trinajstić information content (AvgIpc) is 2.90. The highest BCUT2D eigenvalue weighted by atomic mass is 16.6. The molecule has 1 atom stereocenters. The van der Waals surface area contributed by atoms with Gasteiger partial charge in [0.15, 0.2) is 0 Å². The van der Waals surface area contributed by atoms with Crippen LogP contribution in [0.4, 0.5) is 5.69 Å². The van der Waals surface area contributed by atoms with Gasteiger partial charge in [-0.25, -0.2) is 9.59 Å². The van der Waals surface area contributed by atoms with Gasteiger partial charge in [0.1, 0.15) is 27.9 Å². The molecule has 3 rings (SSSR count). The Bertz CT molecular complexity index is 1060. The normalized spacial score (nSPS) is 20.3. The van der Waals surface area contributed by atoms with Crippen molar-refractivity contribution in [1.82, 2.24) is 0 Å². The first-order valence-corrected chi connectivity index (χ1v) is 10.3. The summed E-state index contributed by atoms with van der Waals surface area (Å²) in [6.45, 7) is 12.2. The van der Waals surface area contributed by atoms with Crippen LogP contribution >= 0.6 is 0 Å². The second-order valence-corrected chi connectivity index (χ2v) is 8.47. The molecule has 0 fully saturated rings. The molecular formula is C24H28N2O6. The molecule has 0 aromatic heterocycles. The number of para-hydroxylation sites is 1. The summed E-state index contributed by atoms with van der Waals surface area (Å²) in [7, 11) is 0. The summed E-state index contributed by atoms with van der Waals surface area (Å²) < 4.78 is 16.5. The van der Waals surface area contributed by atoms with Crippen LogP contribution in [0.15, 0.2) is 59.7 Å². The summed E-state index contributed by atoms with van der Waals surface area (Å²) in [4.78, 5) is 42.2. The third-order valence-electron chi connectivity index (χ3n) is 5.17. The average molecular weight is 440 g/mol. The van der Waals surface area contributed by atoms with Crippen molar-refractivity contribution in [2.75, 3.05) is 18.1 Å². The SMILES string of the molecule is C=CCN1C(=O)[C@@]2(C(C(=O)OC(C)(C)C)=C(C)OC(N)=C2C(=O)OCC)c2ccccc21. The third kappa shape index (κ3) is 3.45. The number of carbonyl (C=O) groups is 3. The van der Waals surface area contributed by atoms with Gasteiger partial charge >= 0.3 is 11.9 Å². The minimum absolute atomic E-state index is 0.0440. The quantitative estimate of drug-likeness (QED) is 0.554. The number of hydrogen-bond donors (Lipinski definition) is 1. The first-order valence-electron chi connectivity index (χ1n) is 10.3. The summed E-state index contributed by atoms with van der Waals surface area (Å²) in [6, 6.07) is 6.91. The van der Waals surface area contributed by atoms with Crippen molar-refractivity contribution >= 4 is 23.5 Å². The molecule has 0 radical (unpaired) electrons. The fourth-order valence-corrected chi connectivity index (χ4v) is 4.17. The molecule has 8 nitrogen and oxygen atoms in total. The van der Waals surface area contributed by atoms with Crippen LogP contribution in [0.2, 0.25) is 0 Å². The van der Waals surface area contributed by atoms with E-state index >= 15 is 0 Å². The molecule has 170 valence electrons. The standard InChI is InChI=1S/C24H28N2O6/c1-7-13-26-16-12-10-9-11-15(16)24(22(26)29)17(21(28)32-23(4,5)6)14(3)31-19(25)18(24)20(27)30-8-2/h7,9-12H,1,8,13,25H2,2-6H3/t24-/m1/s1. The number of ether oxygens (including phenoxy) is 3. The van der Waals surface area contributed by atoms with Crippen LogP contribution in [0.1, 0.15) is 40.2 Å². The molecular weight excluding hydrogens is 412 g/mol. The Hall–Kier alpha value is -3.55. The molecule has 2 heterocycles. The Kier molecular flexibility index (Phi) is 5.91. The molecule has 0 saturated heterocycles. The number of anilines is 1. The monoisotopic (exact) mass is 440 g/mol. The maximum absolute atomic E-state index is 14.1. The highest BCUT2D eigenvalue weighted by Crippen LogP contribution is 2.54. The van der Waals surface area contributed by atoms with Crippen LogP contribution in [-0.4, -0.2) is 36.6 Å². The molecule has 0 unspecified atom stereocenters. The van der Waals surface area contributed by atoms with E-state index in [4.69, 9.17) is 19.9 Å². The van der Waals surface area contributed by atoms with E-state index in [0.29, 0.717) is 11.3 Å². The lowest BCUT2D eigenvalue weighted by Gasteiger charge is -2.37. The maximum atomic E-state index is 14.1. The number of amides is 1. The smallest absolute Gasteiger partial charge is 0.341 e. The number of carbonyl (C=O) groups excluding carboxylic acids is 3. The zero-order valence-electron chi connectivity index (χ0n) is 19.0. The summed E-state index contributed by atoms with van der Waals surface area (Å²) in [5.41, 5.74) is 4.04. The highest BCUT2D eigenvalue weighted by Gasteiger charge is 2.63. The van der Waals surface area contributed by atoms with Gasteiger partial charge in [-0.15, -0.1) is 6.58 Å². The molecule has 1 amide bonds. The van der Waals surface area contributed by atoms with E-state index < -0.39 is 28.9 Å². The molecule has 32 heavy (non-hydrogen) atoms. The first-order chi connectivity index (χ1) is 15.0. The van der Waals surface area contributed by atoms with Crippen molar-refractivity contribution in [2.24, 2.45) is 5.73 Å². The van der Waals surface area contributed by atoms with Gasteiger partial charge in [0.25, 0.3) is 0 Å². The van der Waals surface area contributed by atoms with Crippen LogP contribution in [-0.2, 0) is 34.0 Å². The Morgan fingerprint density at radius 3 is 2.47 bits per heavy atom. The van der Waals surface area contributed by atoms with E-state index in [1.165, 1.54) is 11.8 Å². The maximum Gasteiger partial charge on any atom is 0.341 e. The molecule has 2 aliphatic rings. The largest absolute Gasteiger partial charge is 0.462 e. The van der Waals surface area contributed by atoms with Crippen molar-refractivity contribution in [3.63, 3.8) is 0 Å². The molecule has 1 aromatic carbocycles. The van der Waals surface area contributed by atoms with Crippen molar-refractivity contribution in [2.45, 2.75) is 45.6 Å². The second kappa shape index (κ2) is 8.18. The van der Waals surface area contributed by atoms with Crippen molar-refractivity contribution < 1.29 is 28.6 Å². The van der Waals surface area contributed by atoms with Gasteiger partial charge in [-0.1, -0.05) is 24.3 Å². The van der Waals surface area contributed by atoms with E-state index in [9.17, 15) is 14.4 Å². The van der Waals surface area contributed by atoms with Crippen molar-refractivity contribution in [1.29, 1.82) is 0 Å². The summed E-state index contributed by atoms with van der Waals surface area (Å²) in [6.07, 6.45) is 1.56. The van der Waals surface area contributed by atoms with Crippen LogP contribution in [0.3, 0.4) is 0 Å². The molecule has 0 bridgehead atoms. The Morgan fingerprint density at radius 2 is 1.88 bits per heavy atom. The van der Waals surface area contributed by atoms with E-state index in [1.54, 1.807) is 58.0 Å². The number of hydrogen-bond acceptors (Lipinski definition) is 7. The Balaban J connectivity index is 2.41. The molecule has 2 N–H and O–H groups in total. The fourth-order valence-electron chi connectivity index (χ4n) is 4.17. The molecule has 8 heteroatoms. The number of esters is 2. The lowest BCUT2D eigenvalue weighted by molar-refractivity contribution is -0.152. The van der Waals surface area contributed by atoms with E-state index in [-0.39, 0.29) is 35.9 Å². The van der Waals surface area contributed by atoms with Crippen molar-refractivity contribution in [3.05, 3.63) is 65.3 Å². The molecule has 1 aromatic rings. The van der Waals surface area contributed by atoms with Crippen LogP contribution in [0.25, 0.3) is 0 Å². The number of allylic oxidation sites excluding steroid dienone is 1. The van der Waals surface area contributed by atoms with Gasteiger partial charge in [0.05, 0.1) is 6.61 Å². The van der Waals surface area contributed by atoms with Crippen molar-refractivity contribution in [3.8, 4) is 0 Å². The number of fused-ring (bicyclic) bond motifs is 2. The Labute approximate surface area is 187 Å². The molecule has 0 aliphatic carbocycles. The van der Waals surface area contributed by atoms with Gasteiger partial charge in [-0.2, -0.15) is 0 Å². The summed E-state index contributed by atoms with van der Waals surface area (Å²) >= 11 is 0. The molecule has 2 aliphatic heterocycles. The third-order valence-corrected chi connectivity index (χ3v) is 5.17. The lowest BCUT2D eigenvalue weighted by Crippen LogP contribution is -2.51. The van der Waals surface area contributed by atoms with Crippen LogP contribution in [0.5, 0.6) is 0 Å². The zero-order chi connectivity index (χ0) is 23.8. The topological polar surface area (TPSA) is 108 Å². The number of rotatable bonds is 5. The van der Waals surface area contributed by atoms with Gasteiger partial charge in [-0.3, -0.25) is 4.79 Å². The van der Waals surface area contributed by atoms with Gasteiger partial charge in [0, 0.05) is 17.8 Å². The second-order valence-electron chi connectivity index (χ2n) is 8.47. The minimum atomic E-state index is -1.87. The lowest BCUT2D eigenvalue weighted by atomic mass is 9.67. The number of benzene rings is 1. The summed E-state index contributed by atoms with van der Waals surface area (Å²) in [5.74, 6) is -2.38. The van der Waals surface area contributed by atoms with E-state index in [2.05, 4.69) is 6.58 Å². The zero-order valence-corrected chi connectivity index (χ0v) is 19.0. The van der Waals surface area contributed by atoms with Crippen LogP contribution < -0.4 is 10.6 Å². The Morgan fingerprint density at radius 1 is 1.22 bits per heavy atom. The van der Waals surface area contributed by atoms with Gasteiger partial charge in [0.2, 0.25) is 11.8 Å². The highest BCUT2D eigenvalue weighted by molar-refractivity contribution is 6.22. The van der Waals surface area contributed by atoms with E-state index in [1.807, 2.05) is 0 Å². The van der Waals surface area contributed by atoms with E-state index in [0.717, 1.165) is 0 Å². The van der Waals surface area contributed by atoms with Gasteiger partial charge < -0.3 is 24.8 Å². The fraction of sp³-hybridized carbons (Fsp3) is 0.375. The predicted octanol–water partition coefficient (Wildman–Crippen LogP) is 2.84. The number of nitrogens with zero attached hydrogens (tertiary/aromatic N) is 1. The predicted molar refractivity (Wildman–Crippen MR) is 118 cm³/mol. The molecule has 0 saturated carbocycles. The minimum Gasteiger partial charge on any atom is -0.462 e. The first kappa shape index (κ1) is 23.1. The number of nitrogens with two attached hydrogens (primary N) is 1. The van der Waals surface area contributed by atoms with Crippen LogP contribution in [0, 0.1) is 0 Å². The summed E-state index contributed by atoms with van der Waals surface area (Å²) in [5, 5.41) is 0. The van der Waals surface area contributed by atoms with Gasteiger partial charge in [-0.05, 0) is 40.7 Å². The molecule has 1 spiro atoms.